The topological polar surface area (TPSA) is 53.2 Å². The van der Waals surface area contributed by atoms with Gasteiger partial charge in [0.2, 0.25) is 0 Å². The molecule has 0 aliphatic carbocycles. The Hall–Kier alpha value is -3.18. The zero-order chi connectivity index (χ0) is 18.8. The van der Waals surface area contributed by atoms with Gasteiger partial charge in [0.05, 0.1) is 11.4 Å². The van der Waals surface area contributed by atoms with Crippen LogP contribution in [0.15, 0.2) is 76.9 Å². The molecule has 0 radical (unpaired) electrons. The van der Waals surface area contributed by atoms with Gasteiger partial charge in [0.1, 0.15) is 0 Å². The van der Waals surface area contributed by atoms with E-state index in [9.17, 15) is 9.59 Å². The first-order valence-electron chi connectivity index (χ1n) is 8.65. The highest BCUT2D eigenvalue weighted by molar-refractivity contribution is 7.12. The Bertz CT molecular complexity index is 1150. The number of para-hydroxylation sites is 1. The third kappa shape index (κ3) is 3.55. The van der Waals surface area contributed by atoms with Crippen LogP contribution in [0, 0.1) is 6.92 Å². The first-order valence-corrected chi connectivity index (χ1v) is 9.53. The average Bonchev–Trinajstić information content (AvgIpc) is 3.21. The van der Waals surface area contributed by atoms with Crippen molar-refractivity contribution in [1.82, 2.24) is 4.98 Å². The maximum absolute atomic E-state index is 13.1. The minimum atomic E-state index is -0.176. The molecule has 1 N–H and O–H groups in total. The smallest absolute Gasteiger partial charge is 0.268 e. The number of nitrogens with zero attached hydrogens (tertiary/aromatic N) is 1. The van der Waals surface area contributed by atoms with E-state index in [-0.39, 0.29) is 18.0 Å². The molecule has 27 heavy (non-hydrogen) atoms. The highest BCUT2D eigenvalue weighted by Gasteiger charge is 2.20. The quantitative estimate of drug-likeness (QED) is 0.561. The summed E-state index contributed by atoms with van der Waals surface area (Å²) in [6.45, 7) is 2.21. The molecule has 4 nitrogen and oxygen atoms in total. The van der Waals surface area contributed by atoms with Gasteiger partial charge in [0, 0.05) is 16.8 Å². The minimum Gasteiger partial charge on any atom is -0.322 e. The lowest BCUT2D eigenvalue weighted by Crippen LogP contribution is -2.32. The Balaban J connectivity index is 1.77. The Labute approximate surface area is 160 Å². The normalized spacial score (nSPS) is 10.9. The van der Waals surface area contributed by atoms with Crippen molar-refractivity contribution in [2.24, 2.45) is 0 Å². The van der Waals surface area contributed by atoms with Gasteiger partial charge < -0.3 is 9.88 Å². The predicted octanol–water partition coefficient (Wildman–Crippen LogP) is 4.75. The van der Waals surface area contributed by atoms with E-state index in [1.54, 1.807) is 11.0 Å². The standard InChI is InChI=1S/C22H18N2O2S/c1-15-8-10-18(11-9-15)24(22(26)20-7-4-12-27-20)14-17-13-16-5-2-3-6-19(16)23-21(17)25/h2-13H,14H2,1H3,(H,23,25). The average molecular weight is 374 g/mol. The molecule has 134 valence electrons. The van der Waals surface area contributed by atoms with Crippen LogP contribution in [0.4, 0.5) is 5.69 Å². The second-order valence-electron chi connectivity index (χ2n) is 6.42. The number of fused-ring (bicyclic) bond motifs is 1. The number of amides is 1. The summed E-state index contributed by atoms with van der Waals surface area (Å²) in [5.74, 6) is -0.110. The largest absolute Gasteiger partial charge is 0.322 e. The van der Waals surface area contributed by atoms with Gasteiger partial charge in [-0.25, -0.2) is 0 Å². The number of anilines is 1. The maximum Gasteiger partial charge on any atom is 0.268 e. The fourth-order valence-corrected chi connectivity index (χ4v) is 3.69. The van der Waals surface area contributed by atoms with Crippen molar-refractivity contribution < 1.29 is 4.79 Å². The molecule has 0 aliphatic rings. The third-order valence-corrected chi connectivity index (χ3v) is 5.34. The zero-order valence-corrected chi connectivity index (χ0v) is 15.6. The van der Waals surface area contributed by atoms with E-state index >= 15 is 0 Å². The van der Waals surface area contributed by atoms with E-state index in [1.807, 2.05) is 73.0 Å². The monoisotopic (exact) mass is 374 g/mol. The highest BCUT2D eigenvalue weighted by atomic mass is 32.1. The molecule has 0 spiro atoms. The van der Waals surface area contributed by atoms with Crippen LogP contribution in [0.2, 0.25) is 0 Å². The fourth-order valence-electron chi connectivity index (χ4n) is 3.02. The van der Waals surface area contributed by atoms with Gasteiger partial charge >= 0.3 is 0 Å². The van der Waals surface area contributed by atoms with Crippen molar-refractivity contribution >= 4 is 33.8 Å². The molecule has 4 rings (SSSR count). The molecule has 0 aliphatic heterocycles. The molecular weight excluding hydrogens is 356 g/mol. The van der Waals surface area contributed by atoms with Crippen LogP contribution in [-0.2, 0) is 6.54 Å². The molecule has 2 heterocycles. The summed E-state index contributed by atoms with van der Waals surface area (Å²) >= 11 is 1.40. The lowest BCUT2D eigenvalue weighted by molar-refractivity contribution is 0.0989. The first-order chi connectivity index (χ1) is 13.1. The van der Waals surface area contributed by atoms with Crippen LogP contribution in [0.1, 0.15) is 20.8 Å². The fraction of sp³-hybridized carbons (Fsp3) is 0.0909. The van der Waals surface area contributed by atoms with Crippen molar-refractivity contribution in [3.8, 4) is 0 Å². The molecule has 5 heteroatoms. The summed E-state index contributed by atoms with van der Waals surface area (Å²) in [5, 5.41) is 2.82. The second kappa shape index (κ2) is 7.21. The second-order valence-corrected chi connectivity index (χ2v) is 7.36. The molecule has 0 atom stereocenters. The number of carbonyl (C=O) groups is 1. The predicted molar refractivity (Wildman–Crippen MR) is 111 cm³/mol. The van der Waals surface area contributed by atoms with Crippen LogP contribution >= 0.6 is 11.3 Å². The third-order valence-electron chi connectivity index (χ3n) is 4.48. The van der Waals surface area contributed by atoms with E-state index in [0.717, 1.165) is 22.2 Å². The Morgan fingerprint density at radius 1 is 1.04 bits per heavy atom. The van der Waals surface area contributed by atoms with Gasteiger partial charge in [-0.1, -0.05) is 42.0 Å². The van der Waals surface area contributed by atoms with Crippen molar-refractivity contribution in [3.05, 3.63) is 98.5 Å². The van der Waals surface area contributed by atoms with E-state index in [0.29, 0.717) is 10.4 Å². The SMILES string of the molecule is Cc1ccc(N(Cc2cc3ccccc3[nH]c2=O)C(=O)c2cccs2)cc1. The Kier molecular flexibility index (Phi) is 4.60. The van der Waals surface area contributed by atoms with E-state index in [2.05, 4.69) is 4.98 Å². The van der Waals surface area contributed by atoms with Gasteiger partial charge in [-0.2, -0.15) is 0 Å². The summed E-state index contributed by atoms with van der Waals surface area (Å²) < 4.78 is 0. The lowest BCUT2D eigenvalue weighted by atomic mass is 10.1. The summed E-state index contributed by atoms with van der Waals surface area (Å²) in [6.07, 6.45) is 0. The summed E-state index contributed by atoms with van der Waals surface area (Å²) in [5.41, 5.74) is 3.05. The van der Waals surface area contributed by atoms with Crippen molar-refractivity contribution in [1.29, 1.82) is 0 Å². The van der Waals surface area contributed by atoms with Crippen molar-refractivity contribution in [2.45, 2.75) is 13.5 Å². The number of aromatic nitrogens is 1. The van der Waals surface area contributed by atoms with Gasteiger partial charge in [0.25, 0.3) is 11.5 Å². The lowest BCUT2D eigenvalue weighted by Gasteiger charge is -2.22. The van der Waals surface area contributed by atoms with E-state index < -0.39 is 0 Å². The maximum atomic E-state index is 13.1. The molecule has 2 aromatic carbocycles. The summed E-state index contributed by atoms with van der Waals surface area (Å²) in [4.78, 5) is 30.9. The van der Waals surface area contributed by atoms with Crippen LogP contribution < -0.4 is 10.5 Å². The number of carbonyl (C=O) groups excluding carboxylic acids is 1. The number of hydrogen-bond donors (Lipinski definition) is 1. The number of benzene rings is 2. The minimum absolute atomic E-state index is 0.110. The highest BCUT2D eigenvalue weighted by Crippen LogP contribution is 2.23. The molecule has 0 unspecified atom stereocenters. The molecule has 2 aromatic heterocycles. The molecule has 0 saturated carbocycles. The van der Waals surface area contributed by atoms with Crippen LogP contribution in [-0.4, -0.2) is 10.9 Å². The van der Waals surface area contributed by atoms with Crippen LogP contribution in [0.5, 0.6) is 0 Å². The molecule has 0 fully saturated rings. The first kappa shape index (κ1) is 17.2. The number of nitrogens with one attached hydrogen (secondary N) is 1. The Morgan fingerprint density at radius 2 is 1.81 bits per heavy atom. The van der Waals surface area contributed by atoms with Gasteiger partial charge in [-0.3, -0.25) is 9.59 Å². The van der Waals surface area contributed by atoms with E-state index in [1.165, 1.54) is 11.3 Å². The van der Waals surface area contributed by atoms with E-state index in [4.69, 9.17) is 0 Å². The molecule has 0 saturated heterocycles. The number of H-pyrrole nitrogens is 1. The molecule has 1 amide bonds. The molecular formula is C22H18N2O2S. The zero-order valence-electron chi connectivity index (χ0n) is 14.8. The number of pyridine rings is 1. The summed E-state index contributed by atoms with van der Waals surface area (Å²) in [7, 11) is 0. The number of rotatable bonds is 4. The van der Waals surface area contributed by atoms with Crippen molar-refractivity contribution in [3.63, 3.8) is 0 Å². The summed E-state index contributed by atoms with van der Waals surface area (Å²) in [6, 6.07) is 20.9. The molecule has 0 bridgehead atoms. The van der Waals surface area contributed by atoms with Crippen LogP contribution in [0.3, 0.4) is 0 Å². The van der Waals surface area contributed by atoms with Crippen molar-refractivity contribution in [2.75, 3.05) is 4.90 Å². The number of aromatic amines is 1. The van der Waals surface area contributed by atoms with Gasteiger partial charge in [0.15, 0.2) is 0 Å². The Morgan fingerprint density at radius 3 is 2.56 bits per heavy atom. The number of hydrogen-bond acceptors (Lipinski definition) is 3. The molecule has 4 aromatic rings. The van der Waals surface area contributed by atoms with Crippen LogP contribution in [0.25, 0.3) is 10.9 Å². The number of thiophene rings is 1. The van der Waals surface area contributed by atoms with Gasteiger partial charge in [-0.05, 0) is 48.0 Å². The number of aryl methyl sites for hydroxylation is 1. The van der Waals surface area contributed by atoms with Gasteiger partial charge in [-0.15, -0.1) is 11.3 Å².